The van der Waals surface area contributed by atoms with E-state index in [0.717, 1.165) is 23.0 Å². The summed E-state index contributed by atoms with van der Waals surface area (Å²) < 4.78 is 72.7. The largest absolute Gasteiger partial charge is 0.492 e. The number of benzene rings is 3. The number of methoxy groups -OCH3 is 1. The molecular weight excluding hydrogens is 570 g/mol. The average molecular weight is 588 g/mol. The van der Waals surface area contributed by atoms with Crippen LogP contribution < -0.4 is 9.47 Å². The third-order valence-electron chi connectivity index (χ3n) is 5.77. The normalized spacial score (nSPS) is 14.6. The van der Waals surface area contributed by atoms with Crippen LogP contribution >= 0.6 is 11.8 Å². The number of amides is 1. The van der Waals surface area contributed by atoms with E-state index in [-0.39, 0.29) is 34.7 Å². The minimum absolute atomic E-state index is 0.0360. The summed E-state index contributed by atoms with van der Waals surface area (Å²) in [5, 5.41) is 13.3. The molecule has 14 heteroatoms. The fourth-order valence-corrected chi connectivity index (χ4v) is 5.10. The minimum Gasteiger partial charge on any atom is -0.492 e. The molecule has 0 radical (unpaired) electrons. The van der Waals surface area contributed by atoms with Gasteiger partial charge in [0.15, 0.2) is 23.8 Å². The number of thioether (sulfide) groups is 1. The van der Waals surface area contributed by atoms with Gasteiger partial charge in [-0.3, -0.25) is 4.79 Å². The molecule has 9 nitrogen and oxygen atoms in total. The van der Waals surface area contributed by atoms with Crippen molar-refractivity contribution in [1.82, 2.24) is 9.99 Å². The molecule has 210 valence electrons. The third kappa shape index (κ3) is 5.59. The van der Waals surface area contributed by atoms with Crippen LogP contribution in [0.15, 0.2) is 70.4 Å². The lowest BCUT2D eigenvalue weighted by Gasteiger charge is -2.24. The van der Waals surface area contributed by atoms with Crippen molar-refractivity contribution in [2.24, 2.45) is 5.10 Å². The summed E-state index contributed by atoms with van der Waals surface area (Å²) in [6.45, 7) is -0.281. The van der Waals surface area contributed by atoms with Crippen LogP contribution in [0, 0.1) is 23.3 Å². The highest BCUT2D eigenvalue weighted by atomic mass is 32.2. The highest BCUT2D eigenvalue weighted by molar-refractivity contribution is 8.14. The van der Waals surface area contributed by atoms with Gasteiger partial charge in [-0.1, -0.05) is 23.9 Å². The SMILES string of the molecule is COc1c(OCc2nc(C(=O)O)co2)cccc1C1SC(c2ccc(F)cc2)=NN1C(=O)c1c(F)cc(F)cc1F. The smallest absolute Gasteiger partial charge is 0.357 e. The van der Waals surface area contributed by atoms with E-state index in [1.54, 1.807) is 12.1 Å². The first kappa shape index (κ1) is 27.7. The first-order valence-electron chi connectivity index (χ1n) is 11.6. The number of carbonyl (C=O) groups is 2. The number of hydrogen-bond acceptors (Lipinski definition) is 8. The number of nitrogens with zero attached hydrogens (tertiary/aromatic N) is 3. The molecule has 0 bridgehead atoms. The number of ether oxygens (including phenoxy) is 2. The molecule has 1 aliphatic rings. The molecule has 0 spiro atoms. The lowest BCUT2D eigenvalue weighted by atomic mass is 10.1. The Morgan fingerprint density at radius 1 is 1.05 bits per heavy atom. The molecule has 1 aliphatic heterocycles. The lowest BCUT2D eigenvalue weighted by Crippen LogP contribution is -2.28. The topological polar surface area (TPSA) is 114 Å². The zero-order valence-corrected chi connectivity index (χ0v) is 21.6. The van der Waals surface area contributed by atoms with Crippen molar-refractivity contribution in [3.8, 4) is 11.5 Å². The first-order valence-corrected chi connectivity index (χ1v) is 12.5. The van der Waals surface area contributed by atoms with Crippen LogP contribution in [0.5, 0.6) is 11.5 Å². The number of aromatic nitrogens is 1. The van der Waals surface area contributed by atoms with Gasteiger partial charge in [-0.05, 0) is 30.3 Å². The van der Waals surface area contributed by atoms with Crippen molar-refractivity contribution < 1.29 is 46.1 Å². The Bertz CT molecular complexity index is 1660. The van der Waals surface area contributed by atoms with Gasteiger partial charge in [0.25, 0.3) is 5.91 Å². The Balaban J connectivity index is 1.53. The Kier molecular flexibility index (Phi) is 7.66. The second-order valence-corrected chi connectivity index (χ2v) is 9.44. The van der Waals surface area contributed by atoms with Crippen LogP contribution in [-0.2, 0) is 6.61 Å². The van der Waals surface area contributed by atoms with Crippen LogP contribution in [0.3, 0.4) is 0 Å². The van der Waals surface area contributed by atoms with Crippen LogP contribution in [0.4, 0.5) is 17.6 Å². The number of aromatic carboxylic acids is 1. The number of carboxylic acids is 1. The number of hydrogen-bond donors (Lipinski definition) is 1. The zero-order chi connectivity index (χ0) is 29.3. The van der Waals surface area contributed by atoms with Gasteiger partial charge in [0.1, 0.15) is 45.5 Å². The van der Waals surface area contributed by atoms with E-state index in [2.05, 4.69) is 10.1 Å². The second kappa shape index (κ2) is 11.3. The first-order chi connectivity index (χ1) is 19.7. The molecule has 5 rings (SSSR count). The van der Waals surface area contributed by atoms with Crippen molar-refractivity contribution in [1.29, 1.82) is 0 Å². The quantitative estimate of drug-likeness (QED) is 0.259. The summed E-state index contributed by atoms with van der Waals surface area (Å²) in [5.41, 5.74) is -0.621. The Morgan fingerprint density at radius 3 is 2.39 bits per heavy atom. The number of para-hydroxylation sites is 1. The van der Waals surface area contributed by atoms with Gasteiger partial charge in [-0.2, -0.15) is 5.10 Å². The number of carboxylic acid groups (broad SMARTS) is 1. The summed E-state index contributed by atoms with van der Waals surface area (Å²) in [7, 11) is 1.33. The maximum Gasteiger partial charge on any atom is 0.357 e. The highest BCUT2D eigenvalue weighted by Gasteiger charge is 2.39. The fourth-order valence-electron chi connectivity index (χ4n) is 3.93. The molecule has 1 N–H and O–H groups in total. The second-order valence-electron chi connectivity index (χ2n) is 8.38. The van der Waals surface area contributed by atoms with E-state index in [1.807, 2.05) is 0 Å². The van der Waals surface area contributed by atoms with E-state index < -0.39 is 46.1 Å². The molecule has 0 fully saturated rings. The number of rotatable bonds is 8. The van der Waals surface area contributed by atoms with Crippen molar-refractivity contribution in [3.63, 3.8) is 0 Å². The average Bonchev–Trinajstić information content (AvgIpc) is 3.59. The molecule has 4 aromatic rings. The van der Waals surface area contributed by atoms with Gasteiger partial charge in [-0.25, -0.2) is 32.3 Å². The summed E-state index contributed by atoms with van der Waals surface area (Å²) >= 11 is 1.01. The number of oxazole rings is 1. The number of halogens is 4. The maximum absolute atomic E-state index is 14.6. The van der Waals surface area contributed by atoms with Gasteiger partial charge in [-0.15, -0.1) is 0 Å². The predicted molar refractivity (Wildman–Crippen MR) is 137 cm³/mol. The standard InChI is InChI=1S/C27H17F4N3O6S/c1-38-23-16(3-2-4-20(23)39-12-21-32-19(11-40-21)27(36)37)26-34(25(35)22-17(30)9-15(29)10-18(22)31)33-24(41-26)13-5-7-14(28)8-6-13/h2-11,26H,12H2,1H3,(H,36,37). The van der Waals surface area contributed by atoms with Crippen LogP contribution in [-0.4, -0.2) is 39.1 Å². The Morgan fingerprint density at radius 2 is 1.76 bits per heavy atom. The van der Waals surface area contributed by atoms with Gasteiger partial charge < -0.3 is 19.0 Å². The summed E-state index contributed by atoms with van der Waals surface area (Å²) in [6.07, 6.45) is 0.954. The summed E-state index contributed by atoms with van der Waals surface area (Å²) in [5.74, 6) is -6.82. The minimum atomic E-state index is -1.42. The number of hydrazone groups is 1. The molecule has 1 unspecified atom stereocenters. The zero-order valence-electron chi connectivity index (χ0n) is 20.8. The van der Waals surface area contributed by atoms with E-state index >= 15 is 0 Å². The van der Waals surface area contributed by atoms with Crippen LogP contribution in [0.25, 0.3) is 0 Å². The highest BCUT2D eigenvalue weighted by Crippen LogP contribution is 2.48. The maximum atomic E-state index is 14.6. The van der Waals surface area contributed by atoms with Crippen LogP contribution in [0.1, 0.15) is 43.2 Å². The van der Waals surface area contributed by atoms with Crippen molar-refractivity contribution in [2.75, 3.05) is 7.11 Å². The van der Waals surface area contributed by atoms with E-state index in [1.165, 1.54) is 37.4 Å². The molecule has 1 atom stereocenters. The Labute approximate surface area is 233 Å². The number of carbonyl (C=O) groups excluding carboxylic acids is 1. The van der Waals surface area contributed by atoms with Crippen LogP contribution in [0.2, 0.25) is 0 Å². The molecular formula is C27H17F4N3O6S. The van der Waals surface area contributed by atoms with Crippen molar-refractivity contribution >= 4 is 28.7 Å². The summed E-state index contributed by atoms with van der Waals surface area (Å²) in [4.78, 5) is 28.3. The van der Waals surface area contributed by atoms with Gasteiger partial charge in [0.05, 0.1) is 7.11 Å². The van der Waals surface area contributed by atoms with Gasteiger partial charge in [0, 0.05) is 23.3 Å². The van der Waals surface area contributed by atoms with E-state index in [9.17, 15) is 27.2 Å². The third-order valence-corrected chi connectivity index (χ3v) is 6.98. The van der Waals surface area contributed by atoms with E-state index in [4.69, 9.17) is 19.0 Å². The lowest BCUT2D eigenvalue weighted by molar-refractivity contribution is 0.0688. The molecule has 2 heterocycles. The molecule has 3 aromatic carbocycles. The molecule has 0 aliphatic carbocycles. The molecule has 0 saturated carbocycles. The monoisotopic (exact) mass is 587 g/mol. The van der Waals surface area contributed by atoms with E-state index in [0.29, 0.717) is 23.3 Å². The van der Waals surface area contributed by atoms with Gasteiger partial charge in [0.2, 0.25) is 5.89 Å². The fraction of sp³-hybridized carbons (Fsp3) is 0.111. The Hall–Kier alpha value is -4.85. The summed E-state index contributed by atoms with van der Waals surface area (Å²) in [6, 6.07) is 10.6. The van der Waals surface area contributed by atoms with Crippen molar-refractivity contribution in [2.45, 2.75) is 12.0 Å². The molecule has 0 saturated heterocycles. The predicted octanol–water partition coefficient (Wildman–Crippen LogP) is 5.77. The molecule has 41 heavy (non-hydrogen) atoms. The molecule has 1 aromatic heterocycles. The molecule has 1 amide bonds. The van der Waals surface area contributed by atoms with Gasteiger partial charge >= 0.3 is 5.97 Å². The van der Waals surface area contributed by atoms with Crippen molar-refractivity contribution in [3.05, 3.63) is 112 Å².